The van der Waals surface area contributed by atoms with E-state index in [0.29, 0.717) is 24.7 Å². The van der Waals surface area contributed by atoms with Gasteiger partial charge in [0.25, 0.3) is 0 Å². The average molecular weight is 321 g/mol. The molecule has 121 valence electrons. The van der Waals surface area contributed by atoms with Crippen molar-refractivity contribution in [2.45, 2.75) is 13.8 Å². The first kappa shape index (κ1) is 16.9. The summed E-state index contributed by atoms with van der Waals surface area (Å²) < 4.78 is 47.6. The van der Waals surface area contributed by atoms with Crippen LogP contribution in [0.4, 0.5) is 8.78 Å². The minimum atomic E-state index is -0.432. The van der Waals surface area contributed by atoms with Gasteiger partial charge in [-0.3, -0.25) is 0 Å². The molecule has 0 spiro atoms. The molecule has 0 heterocycles. The van der Waals surface area contributed by atoms with Crippen molar-refractivity contribution in [3.63, 3.8) is 0 Å². The van der Waals surface area contributed by atoms with Gasteiger partial charge in [-0.05, 0) is 38.1 Å². The van der Waals surface area contributed by atoms with Gasteiger partial charge in [0.2, 0.25) is 0 Å². The van der Waals surface area contributed by atoms with Crippen molar-refractivity contribution in [2.75, 3.05) is 13.2 Å². The summed E-state index contributed by atoms with van der Waals surface area (Å²) in [6.07, 6.45) is 0. The van der Waals surface area contributed by atoms with Gasteiger partial charge in [-0.15, -0.1) is 0 Å². The smallest absolute Gasteiger partial charge is 0.524 e. The zero-order valence-electron chi connectivity index (χ0n) is 12.8. The third kappa shape index (κ3) is 4.77. The van der Waals surface area contributed by atoms with Gasteiger partial charge in [-0.2, -0.15) is 0 Å². The molecule has 1 radical (unpaired) electrons. The minimum Gasteiger partial charge on any atom is -0.524 e. The van der Waals surface area contributed by atoms with Gasteiger partial charge in [0.1, 0.15) is 23.1 Å². The van der Waals surface area contributed by atoms with Crippen molar-refractivity contribution in [1.29, 1.82) is 0 Å². The Labute approximate surface area is 134 Å². The summed E-state index contributed by atoms with van der Waals surface area (Å²) >= 11 is 0. The van der Waals surface area contributed by atoms with Crippen molar-refractivity contribution < 1.29 is 27.6 Å². The van der Waals surface area contributed by atoms with E-state index in [2.05, 4.69) is 0 Å². The Balaban J connectivity index is 2.03. The number of benzene rings is 2. The number of halogens is 2. The second-order valence-corrected chi connectivity index (χ2v) is 4.38. The molecule has 0 N–H and O–H groups in total. The summed E-state index contributed by atoms with van der Waals surface area (Å²) in [5.41, 5.74) is 0. The van der Waals surface area contributed by atoms with Crippen LogP contribution in [0.5, 0.6) is 23.0 Å². The predicted molar refractivity (Wildman–Crippen MR) is 82.1 cm³/mol. The first-order chi connectivity index (χ1) is 11.1. The van der Waals surface area contributed by atoms with Gasteiger partial charge in [0, 0.05) is 12.1 Å². The van der Waals surface area contributed by atoms with Crippen LogP contribution in [0.3, 0.4) is 0 Å². The van der Waals surface area contributed by atoms with Crippen LogP contribution in [0.1, 0.15) is 13.8 Å². The van der Waals surface area contributed by atoms with Crippen molar-refractivity contribution in [3.8, 4) is 23.0 Å². The van der Waals surface area contributed by atoms with E-state index in [1.807, 2.05) is 0 Å². The second-order valence-electron chi connectivity index (χ2n) is 4.38. The summed E-state index contributed by atoms with van der Waals surface area (Å²) in [6.45, 7) is 4.30. The molecule has 0 aliphatic heterocycles. The van der Waals surface area contributed by atoms with Crippen LogP contribution < -0.4 is 18.8 Å². The standard InChI is InChI=1S/C16H16BF2O4/c1-3-20-15-9-11(18)5-7-13(15)22-17-23-14-8-6-12(19)10-16(14)21-4-2/h5-10H,3-4H2,1-2H3. The van der Waals surface area contributed by atoms with Crippen LogP contribution in [-0.4, -0.2) is 20.9 Å². The molecule has 0 aliphatic rings. The van der Waals surface area contributed by atoms with Gasteiger partial charge in [0.05, 0.1) is 13.2 Å². The van der Waals surface area contributed by atoms with Crippen LogP contribution in [0.2, 0.25) is 0 Å². The van der Waals surface area contributed by atoms with E-state index in [-0.39, 0.29) is 11.5 Å². The van der Waals surface area contributed by atoms with Crippen LogP contribution in [0, 0.1) is 11.6 Å². The molecule has 4 nitrogen and oxygen atoms in total. The van der Waals surface area contributed by atoms with Gasteiger partial charge >= 0.3 is 7.69 Å². The van der Waals surface area contributed by atoms with E-state index >= 15 is 0 Å². The first-order valence-corrected chi connectivity index (χ1v) is 7.13. The number of hydrogen-bond acceptors (Lipinski definition) is 4. The Morgan fingerprint density at radius 2 is 1.17 bits per heavy atom. The molecular weight excluding hydrogens is 305 g/mol. The summed E-state index contributed by atoms with van der Waals surface area (Å²) in [7, 11) is 1.05. The van der Waals surface area contributed by atoms with Crippen LogP contribution in [-0.2, 0) is 0 Å². The fourth-order valence-electron chi connectivity index (χ4n) is 1.82. The monoisotopic (exact) mass is 321 g/mol. The normalized spacial score (nSPS) is 10.1. The van der Waals surface area contributed by atoms with Crippen LogP contribution in [0.15, 0.2) is 36.4 Å². The highest BCUT2D eigenvalue weighted by Crippen LogP contribution is 2.30. The lowest BCUT2D eigenvalue weighted by Gasteiger charge is -2.13. The zero-order chi connectivity index (χ0) is 16.7. The highest BCUT2D eigenvalue weighted by Gasteiger charge is 2.12. The van der Waals surface area contributed by atoms with E-state index in [4.69, 9.17) is 18.8 Å². The lowest BCUT2D eigenvalue weighted by atomic mass is 10.2. The fourth-order valence-corrected chi connectivity index (χ4v) is 1.82. The quantitative estimate of drug-likeness (QED) is 0.694. The Morgan fingerprint density at radius 1 is 0.739 bits per heavy atom. The van der Waals surface area contributed by atoms with Crippen molar-refractivity contribution in [2.24, 2.45) is 0 Å². The Morgan fingerprint density at radius 3 is 1.57 bits per heavy atom. The van der Waals surface area contributed by atoms with E-state index in [1.54, 1.807) is 13.8 Å². The SMILES string of the molecule is CCOc1cc(F)ccc1O[B]Oc1ccc(F)cc1OCC. The lowest BCUT2D eigenvalue weighted by molar-refractivity contribution is 0.315. The topological polar surface area (TPSA) is 36.9 Å². The molecule has 0 unspecified atom stereocenters. The first-order valence-electron chi connectivity index (χ1n) is 7.13. The largest absolute Gasteiger partial charge is 0.658 e. The number of rotatable bonds is 8. The zero-order valence-corrected chi connectivity index (χ0v) is 12.8. The van der Waals surface area contributed by atoms with E-state index in [1.165, 1.54) is 36.4 Å². The van der Waals surface area contributed by atoms with Crippen LogP contribution in [0.25, 0.3) is 0 Å². The lowest BCUT2D eigenvalue weighted by Crippen LogP contribution is -2.13. The summed E-state index contributed by atoms with van der Waals surface area (Å²) in [4.78, 5) is 0. The molecule has 7 heteroatoms. The highest BCUT2D eigenvalue weighted by atomic mass is 19.1. The average Bonchev–Trinajstić information content (AvgIpc) is 2.52. The van der Waals surface area contributed by atoms with Crippen LogP contribution >= 0.6 is 0 Å². The molecule has 2 aromatic carbocycles. The molecule has 0 atom stereocenters. The maximum atomic E-state index is 13.2. The predicted octanol–water partition coefficient (Wildman–Crippen LogP) is 3.75. The van der Waals surface area contributed by atoms with E-state index in [9.17, 15) is 8.78 Å². The molecule has 2 aromatic rings. The molecule has 0 saturated heterocycles. The highest BCUT2D eigenvalue weighted by molar-refractivity contribution is 6.21. The van der Waals surface area contributed by atoms with Gasteiger partial charge in [-0.25, -0.2) is 8.78 Å². The molecule has 0 fully saturated rings. The second kappa shape index (κ2) is 8.26. The fraction of sp³-hybridized carbons (Fsp3) is 0.250. The van der Waals surface area contributed by atoms with Gasteiger partial charge < -0.3 is 18.8 Å². The number of hydrogen-bond donors (Lipinski definition) is 0. The third-order valence-corrected chi connectivity index (χ3v) is 2.76. The minimum absolute atomic E-state index is 0.261. The van der Waals surface area contributed by atoms with Crippen molar-refractivity contribution in [3.05, 3.63) is 48.0 Å². The van der Waals surface area contributed by atoms with E-state index < -0.39 is 11.6 Å². The van der Waals surface area contributed by atoms with E-state index in [0.717, 1.165) is 7.69 Å². The molecule has 2 rings (SSSR count). The Hall–Kier alpha value is -2.44. The summed E-state index contributed by atoms with van der Waals surface area (Å²) in [5, 5.41) is 0. The third-order valence-electron chi connectivity index (χ3n) is 2.76. The van der Waals surface area contributed by atoms with Crippen molar-refractivity contribution >= 4 is 7.69 Å². The Bertz CT molecular complexity index is 596. The molecule has 0 aliphatic carbocycles. The van der Waals surface area contributed by atoms with Gasteiger partial charge in [0.15, 0.2) is 11.5 Å². The van der Waals surface area contributed by atoms with Crippen molar-refractivity contribution in [1.82, 2.24) is 0 Å². The maximum absolute atomic E-state index is 13.2. The molecule has 23 heavy (non-hydrogen) atoms. The maximum Gasteiger partial charge on any atom is 0.658 e. The molecule has 0 aromatic heterocycles. The number of ether oxygens (including phenoxy) is 2. The molecule has 0 saturated carbocycles. The van der Waals surface area contributed by atoms with Gasteiger partial charge in [-0.1, -0.05) is 0 Å². The summed E-state index contributed by atoms with van der Waals surface area (Å²) in [5.74, 6) is 0.257. The molecular formula is C16H16BF2O4. The molecule has 0 bridgehead atoms. The summed E-state index contributed by atoms with van der Waals surface area (Å²) in [6, 6.07) is 7.78. The molecule has 0 amide bonds. The Kier molecular flexibility index (Phi) is 6.08.